The van der Waals surface area contributed by atoms with Crippen LogP contribution in [0.15, 0.2) is 42.5 Å². The Morgan fingerprint density at radius 3 is 2.64 bits per heavy atom. The highest BCUT2D eigenvalue weighted by atomic mass is 32.1. The number of hydrogen-bond acceptors (Lipinski definition) is 2. The first kappa shape index (κ1) is 10.9. The zero-order chi connectivity index (χ0) is 10.2. The zero-order valence-corrected chi connectivity index (χ0v) is 9.09. The summed E-state index contributed by atoms with van der Waals surface area (Å²) in [7, 11) is 0. The summed E-state index contributed by atoms with van der Waals surface area (Å²) in [6.45, 7) is 2.65. The SMILES string of the molecule is CCC=CCOC(=S)c1ccccc1. The van der Waals surface area contributed by atoms with Gasteiger partial charge in [0, 0.05) is 5.56 Å². The van der Waals surface area contributed by atoms with E-state index in [1.165, 1.54) is 0 Å². The van der Waals surface area contributed by atoms with E-state index in [-0.39, 0.29) is 0 Å². The summed E-state index contributed by atoms with van der Waals surface area (Å²) in [6.07, 6.45) is 5.07. The molecule has 0 aliphatic carbocycles. The summed E-state index contributed by atoms with van der Waals surface area (Å²) < 4.78 is 5.37. The van der Waals surface area contributed by atoms with Gasteiger partial charge in [-0.15, -0.1) is 0 Å². The van der Waals surface area contributed by atoms with Crippen LogP contribution in [0.25, 0.3) is 0 Å². The Hall–Kier alpha value is -1.15. The second kappa shape index (κ2) is 6.33. The first-order chi connectivity index (χ1) is 6.84. The summed E-state index contributed by atoms with van der Waals surface area (Å²) in [4.78, 5) is 0. The summed E-state index contributed by atoms with van der Waals surface area (Å²) in [5, 5.41) is 0.561. The van der Waals surface area contributed by atoms with Gasteiger partial charge in [0.25, 0.3) is 0 Å². The molecule has 0 heterocycles. The molecule has 2 heteroatoms. The third-order valence-corrected chi connectivity index (χ3v) is 2.08. The monoisotopic (exact) mass is 206 g/mol. The minimum atomic E-state index is 0.557. The molecule has 0 unspecified atom stereocenters. The van der Waals surface area contributed by atoms with Crippen LogP contribution in [-0.2, 0) is 4.74 Å². The van der Waals surface area contributed by atoms with Gasteiger partial charge in [-0.2, -0.15) is 0 Å². The van der Waals surface area contributed by atoms with Crippen molar-refractivity contribution in [3.8, 4) is 0 Å². The molecule has 0 bridgehead atoms. The van der Waals surface area contributed by atoms with Gasteiger partial charge in [-0.25, -0.2) is 0 Å². The van der Waals surface area contributed by atoms with Crippen molar-refractivity contribution < 1.29 is 4.74 Å². The van der Waals surface area contributed by atoms with Crippen LogP contribution < -0.4 is 0 Å². The summed E-state index contributed by atoms with van der Waals surface area (Å²) >= 11 is 5.11. The predicted molar refractivity (Wildman–Crippen MR) is 63.5 cm³/mol. The fourth-order valence-electron chi connectivity index (χ4n) is 1.02. The molecule has 1 nitrogen and oxygen atoms in total. The minimum Gasteiger partial charge on any atom is -0.479 e. The van der Waals surface area contributed by atoms with Crippen molar-refractivity contribution in [3.63, 3.8) is 0 Å². The Labute approximate surface area is 90.4 Å². The van der Waals surface area contributed by atoms with Crippen molar-refractivity contribution in [2.75, 3.05) is 6.61 Å². The second-order valence-corrected chi connectivity index (χ2v) is 3.21. The van der Waals surface area contributed by atoms with Gasteiger partial charge in [0.2, 0.25) is 0 Å². The lowest BCUT2D eigenvalue weighted by Crippen LogP contribution is -2.02. The third kappa shape index (κ3) is 3.71. The molecule has 0 aliphatic heterocycles. The topological polar surface area (TPSA) is 9.23 Å². The first-order valence-corrected chi connectivity index (χ1v) is 5.12. The molecule has 0 aromatic heterocycles. The van der Waals surface area contributed by atoms with E-state index in [9.17, 15) is 0 Å². The van der Waals surface area contributed by atoms with Crippen molar-refractivity contribution in [1.29, 1.82) is 0 Å². The Morgan fingerprint density at radius 1 is 1.29 bits per heavy atom. The van der Waals surface area contributed by atoms with E-state index < -0.39 is 0 Å². The molecular weight excluding hydrogens is 192 g/mol. The van der Waals surface area contributed by atoms with Crippen molar-refractivity contribution in [2.45, 2.75) is 13.3 Å². The molecule has 0 amide bonds. The second-order valence-electron chi connectivity index (χ2n) is 2.84. The van der Waals surface area contributed by atoms with Crippen LogP contribution in [-0.4, -0.2) is 11.7 Å². The highest BCUT2D eigenvalue weighted by Gasteiger charge is 1.98. The Kier molecular flexibility index (Phi) is 4.94. The maximum atomic E-state index is 5.37. The van der Waals surface area contributed by atoms with Gasteiger partial charge in [-0.1, -0.05) is 49.4 Å². The quantitative estimate of drug-likeness (QED) is 0.552. The highest BCUT2D eigenvalue weighted by Crippen LogP contribution is 2.02. The smallest absolute Gasteiger partial charge is 0.191 e. The first-order valence-electron chi connectivity index (χ1n) is 4.71. The molecule has 0 radical (unpaired) electrons. The molecular formula is C12H14OS. The van der Waals surface area contributed by atoms with Gasteiger partial charge >= 0.3 is 0 Å². The normalized spacial score (nSPS) is 10.4. The van der Waals surface area contributed by atoms with Crippen LogP contribution in [0, 0.1) is 0 Å². The Bertz CT molecular complexity index is 303. The van der Waals surface area contributed by atoms with Crippen molar-refractivity contribution in [2.24, 2.45) is 0 Å². The van der Waals surface area contributed by atoms with E-state index in [4.69, 9.17) is 17.0 Å². The average Bonchev–Trinajstić information content (AvgIpc) is 2.25. The lowest BCUT2D eigenvalue weighted by molar-refractivity contribution is 0.361. The van der Waals surface area contributed by atoms with Crippen molar-refractivity contribution in [3.05, 3.63) is 48.0 Å². The molecule has 1 aromatic carbocycles. The van der Waals surface area contributed by atoms with E-state index >= 15 is 0 Å². The van der Waals surface area contributed by atoms with Crippen LogP contribution >= 0.6 is 12.2 Å². The molecule has 0 saturated carbocycles. The average molecular weight is 206 g/mol. The minimum absolute atomic E-state index is 0.557. The highest BCUT2D eigenvalue weighted by molar-refractivity contribution is 7.80. The molecule has 0 N–H and O–H groups in total. The third-order valence-electron chi connectivity index (χ3n) is 1.72. The maximum absolute atomic E-state index is 5.37. The Morgan fingerprint density at radius 2 is 2.00 bits per heavy atom. The molecule has 0 aliphatic rings. The van der Waals surface area contributed by atoms with Gasteiger partial charge in [-0.05, 0) is 18.6 Å². The summed E-state index contributed by atoms with van der Waals surface area (Å²) in [6, 6.07) is 9.76. The van der Waals surface area contributed by atoms with Crippen LogP contribution in [0.5, 0.6) is 0 Å². The van der Waals surface area contributed by atoms with E-state index in [0.29, 0.717) is 11.7 Å². The molecule has 74 valence electrons. The van der Waals surface area contributed by atoms with E-state index in [1.54, 1.807) is 0 Å². The van der Waals surface area contributed by atoms with Gasteiger partial charge in [0.1, 0.15) is 6.61 Å². The molecule has 0 fully saturated rings. The van der Waals surface area contributed by atoms with Crippen LogP contribution in [0.3, 0.4) is 0 Å². The zero-order valence-electron chi connectivity index (χ0n) is 8.27. The Balaban J connectivity index is 2.40. The molecule has 0 saturated heterocycles. The molecule has 0 spiro atoms. The number of allylic oxidation sites excluding steroid dienone is 1. The molecule has 1 aromatic rings. The number of hydrogen-bond donors (Lipinski definition) is 0. The van der Waals surface area contributed by atoms with Crippen LogP contribution in [0.4, 0.5) is 0 Å². The lowest BCUT2D eigenvalue weighted by Gasteiger charge is -2.03. The standard InChI is InChI=1S/C12H14OS/c1-2-3-7-10-13-12(14)11-8-5-4-6-9-11/h3-9H,2,10H2,1H3. The number of benzene rings is 1. The maximum Gasteiger partial charge on any atom is 0.191 e. The van der Waals surface area contributed by atoms with Crippen LogP contribution in [0.2, 0.25) is 0 Å². The number of rotatable bonds is 4. The van der Waals surface area contributed by atoms with Gasteiger partial charge in [-0.3, -0.25) is 0 Å². The fraction of sp³-hybridized carbons (Fsp3) is 0.250. The van der Waals surface area contributed by atoms with E-state index in [2.05, 4.69) is 13.0 Å². The number of ether oxygens (including phenoxy) is 1. The molecule has 14 heavy (non-hydrogen) atoms. The fourth-order valence-corrected chi connectivity index (χ4v) is 1.22. The molecule has 0 atom stereocenters. The number of thiocarbonyl (C=S) groups is 1. The summed E-state index contributed by atoms with van der Waals surface area (Å²) in [5.74, 6) is 0. The summed E-state index contributed by atoms with van der Waals surface area (Å²) in [5.41, 5.74) is 0.965. The lowest BCUT2D eigenvalue weighted by atomic mass is 10.2. The van der Waals surface area contributed by atoms with Crippen LogP contribution in [0.1, 0.15) is 18.9 Å². The molecule has 1 rings (SSSR count). The van der Waals surface area contributed by atoms with Gasteiger partial charge < -0.3 is 4.74 Å². The largest absolute Gasteiger partial charge is 0.479 e. The van der Waals surface area contributed by atoms with Crippen molar-refractivity contribution >= 4 is 17.3 Å². The van der Waals surface area contributed by atoms with Gasteiger partial charge in [0.15, 0.2) is 5.05 Å². The van der Waals surface area contributed by atoms with E-state index in [1.807, 2.05) is 36.4 Å². The van der Waals surface area contributed by atoms with Crippen molar-refractivity contribution in [1.82, 2.24) is 0 Å². The van der Waals surface area contributed by atoms with E-state index in [0.717, 1.165) is 12.0 Å². The predicted octanol–water partition coefficient (Wildman–Crippen LogP) is 3.34. The van der Waals surface area contributed by atoms with Gasteiger partial charge in [0.05, 0.1) is 0 Å².